The van der Waals surface area contributed by atoms with E-state index in [9.17, 15) is 8.42 Å². The van der Waals surface area contributed by atoms with Crippen molar-refractivity contribution in [2.24, 2.45) is 0 Å². The Balaban J connectivity index is 2.16. The molecule has 0 saturated carbocycles. The normalized spacial score (nSPS) is 21.6. The molecule has 1 saturated heterocycles. The van der Waals surface area contributed by atoms with Crippen LogP contribution in [0, 0.1) is 0 Å². The SMILES string of the molecule is CCCNCCCS(=O)(=O)NC1CCCOC1. The van der Waals surface area contributed by atoms with Crippen molar-refractivity contribution in [1.29, 1.82) is 0 Å². The van der Waals surface area contributed by atoms with Gasteiger partial charge in [0.1, 0.15) is 0 Å². The van der Waals surface area contributed by atoms with Gasteiger partial charge < -0.3 is 10.1 Å². The molecule has 1 aliphatic heterocycles. The average Bonchev–Trinajstić information content (AvgIpc) is 2.29. The number of hydrogen-bond acceptors (Lipinski definition) is 4. The van der Waals surface area contributed by atoms with Gasteiger partial charge in [-0.25, -0.2) is 13.1 Å². The molecule has 0 spiro atoms. The quantitative estimate of drug-likeness (QED) is 0.626. The second-order valence-corrected chi connectivity index (χ2v) is 6.33. The third-order valence-corrected chi connectivity index (χ3v) is 4.22. The van der Waals surface area contributed by atoms with Crippen LogP contribution in [-0.4, -0.2) is 46.5 Å². The van der Waals surface area contributed by atoms with Crippen molar-refractivity contribution in [3.05, 3.63) is 0 Å². The lowest BCUT2D eigenvalue weighted by Gasteiger charge is -2.22. The highest BCUT2D eigenvalue weighted by molar-refractivity contribution is 7.89. The van der Waals surface area contributed by atoms with E-state index in [2.05, 4.69) is 17.0 Å². The van der Waals surface area contributed by atoms with E-state index in [-0.39, 0.29) is 11.8 Å². The maximum absolute atomic E-state index is 11.7. The lowest BCUT2D eigenvalue weighted by atomic mass is 10.1. The molecule has 1 unspecified atom stereocenters. The van der Waals surface area contributed by atoms with Crippen LogP contribution in [0.5, 0.6) is 0 Å². The largest absolute Gasteiger partial charge is 0.380 e. The highest BCUT2D eigenvalue weighted by Crippen LogP contribution is 2.07. The number of nitrogens with one attached hydrogen (secondary N) is 2. The van der Waals surface area contributed by atoms with E-state index >= 15 is 0 Å². The van der Waals surface area contributed by atoms with Gasteiger partial charge in [0, 0.05) is 12.6 Å². The van der Waals surface area contributed by atoms with Gasteiger partial charge >= 0.3 is 0 Å². The average molecular weight is 264 g/mol. The zero-order valence-electron chi connectivity index (χ0n) is 10.6. The summed E-state index contributed by atoms with van der Waals surface area (Å²) in [7, 11) is -3.14. The summed E-state index contributed by atoms with van der Waals surface area (Å²) in [6.07, 6.45) is 3.55. The van der Waals surface area contributed by atoms with Gasteiger partial charge in [0.25, 0.3) is 0 Å². The first-order valence-electron chi connectivity index (χ1n) is 6.42. The lowest BCUT2D eigenvalue weighted by molar-refractivity contribution is 0.0774. The molecule has 5 nitrogen and oxygen atoms in total. The van der Waals surface area contributed by atoms with Gasteiger partial charge in [-0.1, -0.05) is 6.92 Å². The Kier molecular flexibility index (Phi) is 7.03. The fourth-order valence-corrected chi connectivity index (χ4v) is 3.17. The van der Waals surface area contributed by atoms with Crippen LogP contribution in [-0.2, 0) is 14.8 Å². The molecule has 0 bridgehead atoms. The maximum atomic E-state index is 11.7. The molecule has 1 rings (SSSR count). The van der Waals surface area contributed by atoms with Crippen molar-refractivity contribution in [2.45, 2.75) is 38.6 Å². The maximum Gasteiger partial charge on any atom is 0.211 e. The molecule has 102 valence electrons. The minimum absolute atomic E-state index is 0.0302. The van der Waals surface area contributed by atoms with Gasteiger partial charge in [0.05, 0.1) is 12.4 Å². The van der Waals surface area contributed by atoms with Crippen LogP contribution in [0.4, 0.5) is 0 Å². The lowest BCUT2D eigenvalue weighted by Crippen LogP contribution is -2.41. The third-order valence-electron chi connectivity index (χ3n) is 2.70. The summed E-state index contributed by atoms with van der Waals surface area (Å²) >= 11 is 0. The highest BCUT2D eigenvalue weighted by atomic mass is 32.2. The first-order chi connectivity index (χ1) is 8.14. The van der Waals surface area contributed by atoms with E-state index in [0.717, 1.165) is 39.0 Å². The molecule has 0 aromatic rings. The summed E-state index contributed by atoms with van der Waals surface area (Å²) in [5.41, 5.74) is 0. The van der Waals surface area contributed by atoms with Gasteiger partial charge in [-0.2, -0.15) is 0 Å². The van der Waals surface area contributed by atoms with Gasteiger partial charge in [-0.05, 0) is 38.8 Å². The monoisotopic (exact) mass is 264 g/mol. The second-order valence-electron chi connectivity index (χ2n) is 4.45. The Morgan fingerprint density at radius 3 is 2.82 bits per heavy atom. The molecule has 0 aromatic carbocycles. The van der Waals surface area contributed by atoms with Crippen LogP contribution in [0.1, 0.15) is 32.6 Å². The predicted molar refractivity (Wildman–Crippen MR) is 68.5 cm³/mol. The predicted octanol–water partition coefficient (Wildman–Crippen LogP) is 0.475. The Bertz CT molecular complexity index is 287. The van der Waals surface area contributed by atoms with Gasteiger partial charge in [-0.15, -0.1) is 0 Å². The summed E-state index contributed by atoms with van der Waals surface area (Å²) in [5.74, 6) is 0.195. The van der Waals surface area contributed by atoms with E-state index in [1.165, 1.54) is 0 Å². The standard InChI is InChI=1S/C11H24N2O3S/c1-2-6-12-7-4-9-17(14,15)13-11-5-3-8-16-10-11/h11-13H,2-10H2,1H3. The minimum atomic E-state index is -3.14. The van der Waals surface area contributed by atoms with Crippen molar-refractivity contribution in [3.63, 3.8) is 0 Å². The second kappa shape index (κ2) is 8.02. The fraction of sp³-hybridized carbons (Fsp3) is 1.00. The molecule has 1 fully saturated rings. The van der Waals surface area contributed by atoms with Crippen LogP contribution in [0.15, 0.2) is 0 Å². The topological polar surface area (TPSA) is 67.4 Å². The van der Waals surface area contributed by atoms with Gasteiger partial charge in [0.15, 0.2) is 0 Å². The summed E-state index contributed by atoms with van der Waals surface area (Å²) in [6, 6.07) is -0.0302. The first kappa shape index (κ1) is 14.9. The van der Waals surface area contributed by atoms with Crippen molar-refractivity contribution in [2.75, 3.05) is 32.1 Å². The van der Waals surface area contributed by atoms with Crippen LogP contribution in [0.25, 0.3) is 0 Å². The Hall–Kier alpha value is -0.170. The van der Waals surface area contributed by atoms with Gasteiger partial charge in [0.2, 0.25) is 10.0 Å². The van der Waals surface area contributed by atoms with E-state index in [4.69, 9.17) is 4.74 Å². The zero-order valence-corrected chi connectivity index (χ0v) is 11.4. The first-order valence-corrected chi connectivity index (χ1v) is 8.08. The Morgan fingerprint density at radius 1 is 1.35 bits per heavy atom. The van der Waals surface area contributed by atoms with Crippen LogP contribution >= 0.6 is 0 Å². The smallest absolute Gasteiger partial charge is 0.211 e. The number of sulfonamides is 1. The Morgan fingerprint density at radius 2 is 2.18 bits per heavy atom. The molecular formula is C11H24N2O3S. The molecule has 17 heavy (non-hydrogen) atoms. The van der Waals surface area contributed by atoms with E-state index in [1.807, 2.05) is 0 Å². The summed E-state index contributed by atoms with van der Waals surface area (Å²) < 4.78 is 31.4. The molecule has 0 radical (unpaired) electrons. The molecule has 2 N–H and O–H groups in total. The molecular weight excluding hydrogens is 240 g/mol. The zero-order chi connectivity index (χ0) is 12.6. The number of rotatable bonds is 8. The molecule has 0 aliphatic carbocycles. The third kappa shape index (κ3) is 6.98. The van der Waals surface area contributed by atoms with E-state index in [1.54, 1.807) is 0 Å². The Labute approximate surface area is 104 Å². The number of hydrogen-bond donors (Lipinski definition) is 2. The van der Waals surface area contributed by atoms with Crippen LogP contribution in [0.3, 0.4) is 0 Å². The molecule has 1 atom stereocenters. The fourth-order valence-electron chi connectivity index (χ4n) is 1.84. The van der Waals surface area contributed by atoms with E-state index < -0.39 is 10.0 Å². The van der Waals surface area contributed by atoms with Gasteiger partial charge in [-0.3, -0.25) is 0 Å². The summed E-state index contributed by atoms with van der Waals surface area (Å²) in [4.78, 5) is 0. The van der Waals surface area contributed by atoms with Crippen molar-refractivity contribution >= 4 is 10.0 Å². The van der Waals surface area contributed by atoms with Crippen molar-refractivity contribution in [3.8, 4) is 0 Å². The molecule has 0 aromatic heterocycles. The van der Waals surface area contributed by atoms with Crippen LogP contribution < -0.4 is 10.0 Å². The molecule has 6 heteroatoms. The van der Waals surface area contributed by atoms with Crippen molar-refractivity contribution < 1.29 is 13.2 Å². The molecule has 0 amide bonds. The number of ether oxygens (including phenoxy) is 1. The van der Waals surface area contributed by atoms with Crippen LogP contribution in [0.2, 0.25) is 0 Å². The van der Waals surface area contributed by atoms with E-state index in [0.29, 0.717) is 13.0 Å². The minimum Gasteiger partial charge on any atom is -0.380 e. The highest BCUT2D eigenvalue weighted by Gasteiger charge is 2.19. The molecule has 1 heterocycles. The molecule has 1 aliphatic rings. The van der Waals surface area contributed by atoms with Crippen molar-refractivity contribution in [1.82, 2.24) is 10.0 Å². The summed E-state index contributed by atoms with van der Waals surface area (Å²) in [6.45, 7) is 5.06. The summed E-state index contributed by atoms with van der Waals surface area (Å²) in [5, 5.41) is 3.19.